The molecule has 0 aliphatic carbocycles. The number of aryl methyl sites for hydroxylation is 4. The standard InChI is InChI=1S/C25H38N/c1-17-11-19(3)22(13-20(17)14-24(4,5)6)23-12-18(2)21(16-26(23)10)15-25(7,8)9/h11-13,16H,14-15H2,1-10H3/q+1/i1D3,14D2,15D2. The van der Waals surface area contributed by atoms with E-state index in [1.54, 1.807) is 39.1 Å². The largest absolute Gasteiger partial charge is 0.212 e. The predicted octanol–water partition coefficient (Wildman–Crippen LogP) is 6.28. The maximum absolute atomic E-state index is 8.81. The fraction of sp³-hybridized carbons (Fsp3) is 0.560. The summed E-state index contributed by atoms with van der Waals surface area (Å²) in [6.07, 6.45) is -1.63. The summed E-state index contributed by atoms with van der Waals surface area (Å²) in [4.78, 5) is 0. The molecule has 1 nitrogen and oxygen atoms in total. The van der Waals surface area contributed by atoms with Gasteiger partial charge in [-0.1, -0.05) is 47.6 Å². The molecule has 1 aromatic carbocycles. The average Bonchev–Trinajstić information content (AvgIpc) is 2.60. The minimum absolute atomic E-state index is 0.0312. The van der Waals surface area contributed by atoms with E-state index in [0.717, 1.165) is 22.4 Å². The van der Waals surface area contributed by atoms with E-state index in [9.17, 15) is 0 Å². The molecule has 0 unspecified atom stereocenters. The van der Waals surface area contributed by atoms with Crippen molar-refractivity contribution in [3.8, 4) is 11.3 Å². The van der Waals surface area contributed by atoms with E-state index in [4.69, 9.17) is 9.60 Å². The third-order valence-corrected chi connectivity index (χ3v) is 4.14. The summed E-state index contributed by atoms with van der Waals surface area (Å²) in [6.45, 7) is 12.2. The molecule has 1 heterocycles. The first-order chi connectivity index (χ1) is 14.5. The van der Waals surface area contributed by atoms with E-state index in [2.05, 4.69) is 0 Å². The van der Waals surface area contributed by atoms with Crippen LogP contribution < -0.4 is 4.57 Å². The van der Waals surface area contributed by atoms with Gasteiger partial charge in [0.25, 0.3) is 0 Å². The second-order valence-electron chi connectivity index (χ2n) is 9.33. The van der Waals surface area contributed by atoms with Gasteiger partial charge in [-0.15, -0.1) is 0 Å². The van der Waals surface area contributed by atoms with Gasteiger partial charge in [-0.2, -0.15) is 0 Å². The molecule has 0 radical (unpaired) electrons. The lowest BCUT2D eigenvalue weighted by molar-refractivity contribution is -0.660. The highest BCUT2D eigenvalue weighted by atomic mass is 14.9. The van der Waals surface area contributed by atoms with Crippen LogP contribution in [0.5, 0.6) is 0 Å². The van der Waals surface area contributed by atoms with Crippen molar-refractivity contribution in [3.05, 3.63) is 52.2 Å². The highest BCUT2D eigenvalue weighted by Gasteiger charge is 2.21. The minimum Gasteiger partial charge on any atom is -0.201 e. The molecule has 0 saturated heterocycles. The second kappa shape index (κ2) is 7.18. The molecule has 2 rings (SSSR count). The van der Waals surface area contributed by atoms with E-state index < -0.39 is 30.4 Å². The lowest BCUT2D eigenvalue weighted by Gasteiger charge is -2.21. The van der Waals surface area contributed by atoms with Crippen LogP contribution in [0.15, 0.2) is 24.4 Å². The molecule has 0 atom stereocenters. The summed E-state index contributed by atoms with van der Waals surface area (Å²) >= 11 is 0. The van der Waals surface area contributed by atoms with Crippen LogP contribution in [-0.4, -0.2) is 0 Å². The quantitative estimate of drug-likeness (QED) is 0.568. The van der Waals surface area contributed by atoms with Gasteiger partial charge < -0.3 is 0 Å². The first-order valence-corrected chi connectivity index (χ1v) is 9.20. The molecule has 1 heteroatoms. The Morgan fingerprint density at radius 3 is 1.96 bits per heavy atom. The van der Waals surface area contributed by atoms with Gasteiger partial charge in [0.15, 0.2) is 6.20 Å². The summed E-state index contributed by atoms with van der Waals surface area (Å²) < 4.78 is 60.9. The number of pyridine rings is 1. The van der Waals surface area contributed by atoms with Crippen molar-refractivity contribution >= 4 is 0 Å². The Hall–Kier alpha value is -1.63. The number of benzene rings is 1. The third kappa shape index (κ3) is 5.19. The Morgan fingerprint density at radius 1 is 0.846 bits per heavy atom. The van der Waals surface area contributed by atoms with Crippen LogP contribution >= 0.6 is 0 Å². The Balaban J connectivity index is 2.87. The molecule has 0 amide bonds. The zero-order chi connectivity index (χ0) is 25.9. The van der Waals surface area contributed by atoms with E-state index in [0.29, 0.717) is 5.56 Å². The SMILES string of the molecule is [2H]C([2H])([2H])c1cc(C)c(-c2cc(C)c(C([2H])([2H])C(C)(C)C)c[n+]2C)cc1C([2H])([2H])C(C)(C)C. The number of hydrogen-bond donors (Lipinski definition) is 0. The van der Waals surface area contributed by atoms with E-state index in [-0.39, 0.29) is 11.1 Å². The lowest BCUT2D eigenvalue weighted by atomic mass is 9.84. The van der Waals surface area contributed by atoms with Gasteiger partial charge >= 0.3 is 0 Å². The van der Waals surface area contributed by atoms with Gasteiger partial charge in [0.2, 0.25) is 5.69 Å². The molecule has 1 aromatic heterocycles. The molecule has 0 spiro atoms. The first-order valence-electron chi connectivity index (χ1n) is 12.7. The van der Waals surface area contributed by atoms with Gasteiger partial charge in [0.05, 0.1) is 0 Å². The topological polar surface area (TPSA) is 3.88 Å². The summed E-state index contributed by atoms with van der Waals surface area (Å²) in [5.74, 6) is 0. The van der Waals surface area contributed by atoms with Crippen LogP contribution in [0.1, 0.15) is 79.0 Å². The van der Waals surface area contributed by atoms with Gasteiger partial charge in [0.1, 0.15) is 7.05 Å². The zero-order valence-corrected chi connectivity index (χ0v) is 17.8. The fourth-order valence-corrected chi connectivity index (χ4v) is 3.04. The molecule has 0 saturated carbocycles. The second-order valence-corrected chi connectivity index (χ2v) is 9.33. The molecule has 142 valence electrons. The van der Waals surface area contributed by atoms with Crippen LogP contribution in [0.4, 0.5) is 0 Å². The van der Waals surface area contributed by atoms with E-state index >= 15 is 0 Å². The van der Waals surface area contributed by atoms with Crippen LogP contribution in [0.2, 0.25) is 0 Å². The van der Waals surface area contributed by atoms with Crippen molar-refractivity contribution in [1.82, 2.24) is 0 Å². The van der Waals surface area contributed by atoms with Gasteiger partial charge in [-0.25, -0.2) is 4.57 Å². The summed E-state index contributed by atoms with van der Waals surface area (Å²) in [5.41, 5.74) is 2.43. The number of nitrogens with zero attached hydrogens (tertiary/aromatic N) is 1. The van der Waals surface area contributed by atoms with E-state index in [1.807, 2.05) is 52.3 Å². The molecular formula is C25H38N+. The van der Waals surface area contributed by atoms with Crippen LogP contribution in [0.3, 0.4) is 0 Å². The maximum atomic E-state index is 8.81. The summed E-state index contributed by atoms with van der Waals surface area (Å²) in [7, 11) is 1.84. The van der Waals surface area contributed by atoms with E-state index in [1.165, 1.54) is 0 Å². The monoisotopic (exact) mass is 359 g/mol. The molecule has 26 heavy (non-hydrogen) atoms. The van der Waals surface area contributed by atoms with Crippen LogP contribution in [0, 0.1) is 31.5 Å². The third-order valence-electron chi connectivity index (χ3n) is 4.14. The highest BCUT2D eigenvalue weighted by Crippen LogP contribution is 2.30. The minimum atomic E-state index is -2.44. The number of hydrogen-bond acceptors (Lipinski definition) is 0. The average molecular weight is 360 g/mol. The first kappa shape index (κ1) is 12.7. The van der Waals surface area contributed by atoms with Crippen molar-refractivity contribution in [2.24, 2.45) is 17.9 Å². The molecular weight excluding hydrogens is 314 g/mol. The summed E-state index contributed by atoms with van der Waals surface area (Å²) in [5, 5.41) is 0. The smallest absolute Gasteiger partial charge is 0.201 e. The van der Waals surface area contributed by atoms with Crippen molar-refractivity contribution < 1.29 is 14.2 Å². The van der Waals surface area contributed by atoms with Crippen LogP contribution in [-0.2, 0) is 19.8 Å². The number of rotatable bonds is 3. The molecule has 0 N–H and O–H groups in total. The van der Waals surface area contributed by atoms with Crippen molar-refractivity contribution in [2.75, 3.05) is 0 Å². The zero-order valence-electron chi connectivity index (χ0n) is 24.8. The van der Waals surface area contributed by atoms with Crippen molar-refractivity contribution in [3.63, 3.8) is 0 Å². The Morgan fingerprint density at radius 2 is 1.42 bits per heavy atom. The predicted molar refractivity (Wildman–Crippen MR) is 114 cm³/mol. The fourth-order valence-electron chi connectivity index (χ4n) is 3.04. The van der Waals surface area contributed by atoms with Gasteiger partial charge in [-0.3, -0.25) is 0 Å². The molecule has 0 bridgehead atoms. The number of aromatic nitrogens is 1. The Kier molecular flexibility index (Phi) is 3.51. The molecule has 0 aliphatic heterocycles. The van der Waals surface area contributed by atoms with Crippen molar-refractivity contribution in [1.29, 1.82) is 0 Å². The Labute approximate surface area is 171 Å². The van der Waals surface area contributed by atoms with Gasteiger partial charge in [-0.05, 0) is 72.6 Å². The van der Waals surface area contributed by atoms with Gasteiger partial charge in [0, 0.05) is 26.8 Å². The normalized spacial score (nSPS) is 18.1. The summed E-state index contributed by atoms with van der Waals surface area (Å²) in [6, 6.07) is 5.17. The van der Waals surface area contributed by atoms with Crippen molar-refractivity contribution in [2.45, 2.75) is 75.0 Å². The lowest BCUT2D eigenvalue weighted by Crippen LogP contribution is -2.32. The molecule has 0 fully saturated rings. The maximum Gasteiger partial charge on any atom is 0.212 e. The Bertz CT molecular complexity index is 1050. The highest BCUT2D eigenvalue weighted by molar-refractivity contribution is 5.64. The van der Waals surface area contributed by atoms with Crippen LogP contribution in [0.25, 0.3) is 11.3 Å². The molecule has 0 aliphatic rings. The molecule has 2 aromatic rings.